The number of methoxy groups -OCH3 is 1. The third-order valence-corrected chi connectivity index (χ3v) is 9.83. The van der Waals surface area contributed by atoms with Crippen molar-refractivity contribution in [1.82, 2.24) is 0 Å². The molecule has 0 aliphatic carbocycles. The van der Waals surface area contributed by atoms with Crippen LogP contribution in [0, 0.1) is 5.92 Å². The average molecular weight is 361 g/mol. The van der Waals surface area contributed by atoms with Gasteiger partial charge >= 0.3 is 8.56 Å². The Morgan fingerprint density at radius 1 is 1.22 bits per heavy atom. The van der Waals surface area contributed by atoms with Crippen LogP contribution in [0.1, 0.15) is 58.8 Å². The minimum atomic E-state index is -2.68. The Hall–Kier alpha value is -0.143. The number of rotatable bonds is 10. The van der Waals surface area contributed by atoms with E-state index in [0.29, 0.717) is 12.8 Å². The van der Waals surface area contributed by atoms with Crippen LogP contribution in [-0.2, 0) is 18.4 Å². The van der Waals surface area contributed by atoms with E-state index in [1.165, 1.54) is 0 Å². The fourth-order valence-electron chi connectivity index (χ4n) is 3.97. The first-order chi connectivity index (χ1) is 11.0. The summed E-state index contributed by atoms with van der Waals surface area (Å²) >= 11 is 5.62. The zero-order chi connectivity index (χ0) is 17.5. The summed E-state index contributed by atoms with van der Waals surface area (Å²) in [4.78, 5) is 13.8. The fraction of sp³-hybridized carbons (Fsp3) is 0.882. The Morgan fingerprint density at radius 3 is 2.35 bits per heavy atom. The monoisotopic (exact) mass is 360 g/mol. The van der Waals surface area contributed by atoms with Gasteiger partial charge in [-0.25, -0.2) is 0 Å². The summed E-state index contributed by atoms with van der Waals surface area (Å²) in [5, 5.41) is -0.704. The highest BCUT2D eigenvalue weighted by Gasteiger charge is 2.65. The highest BCUT2D eigenvalue weighted by molar-refractivity contribution is 7.80. The lowest BCUT2D eigenvalue weighted by Crippen LogP contribution is -2.71. The second-order valence-electron chi connectivity index (χ2n) is 6.33. The van der Waals surface area contributed by atoms with Crippen molar-refractivity contribution in [1.29, 1.82) is 0 Å². The van der Waals surface area contributed by atoms with Crippen LogP contribution in [-0.4, -0.2) is 45.8 Å². The Kier molecular flexibility index (Phi) is 8.51. The molecule has 0 aromatic heterocycles. The number of ether oxygens (including phenoxy) is 1. The van der Waals surface area contributed by atoms with Gasteiger partial charge in [-0.15, -0.1) is 0 Å². The summed E-state index contributed by atoms with van der Waals surface area (Å²) in [7, 11) is 2.37. The minimum Gasteiger partial charge on any atom is -0.396 e. The molecular weight excluding hydrogens is 328 g/mol. The quantitative estimate of drug-likeness (QED) is 0.335. The third-order valence-electron chi connectivity index (χ3n) is 5.13. The molecule has 1 fully saturated rings. The van der Waals surface area contributed by atoms with Gasteiger partial charge in [-0.1, -0.05) is 45.3 Å². The lowest BCUT2D eigenvalue weighted by atomic mass is 9.86. The van der Waals surface area contributed by atoms with Crippen molar-refractivity contribution < 1.29 is 18.4 Å². The highest BCUT2D eigenvalue weighted by Crippen LogP contribution is 2.46. The van der Waals surface area contributed by atoms with E-state index in [9.17, 15) is 4.79 Å². The number of unbranched alkanes of at least 4 members (excludes halogenated alkanes) is 2. The molecule has 0 amide bonds. The van der Waals surface area contributed by atoms with Crippen molar-refractivity contribution in [2.75, 3.05) is 21.3 Å². The van der Waals surface area contributed by atoms with Gasteiger partial charge in [0.05, 0.1) is 5.92 Å². The molecule has 6 heteroatoms. The number of hydrogen-bond donors (Lipinski definition) is 0. The summed E-state index contributed by atoms with van der Waals surface area (Å²) in [6, 6.07) is 0.755. The molecule has 0 aromatic carbocycles. The first-order valence-electron chi connectivity index (χ1n) is 8.69. The lowest BCUT2D eigenvalue weighted by molar-refractivity contribution is -0.129. The lowest BCUT2D eigenvalue weighted by Gasteiger charge is -2.52. The highest BCUT2D eigenvalue weighted by atomic mass is 32.1. The molecule has 0 spiro atoms. The Balaban J connectivity index is 3.24. The molecule has 2 unspecified atom stereocenters. The zero-order valence-electron chi connectivity index (χ0n) is 15.3. The molecule has 0 bridgehead atoms. The molecule has 0 aromatic rings. The van der Waals surface area contributed by atoms with Crippen molar-refractivity contribution in [2.24, 2.45) is 5.92 Å². The summed E-state index contributed by atoms with van der Waals surface area (Å²) in [5.74, 6) is -0.177. The molecule has 1 aliphatic heterocycles. The Bertz CT molecular complexity index is 411. The predicted octanol–water partition coefficient (Wildman–Crippen LogP) is 3.99. The van der Waals surface area contributed by atoms with Crippen LogP contribution in [0.15, 0.2) is 0 Å². The smallest absolute Gasteiger partial charge is 0.372 e. The first-order valence-corrected chi connectivity index (χ1v) is 11.1. The normalized spacial score (nSPS) is 27.2. The molecular formula is C17H32O4SSi. The third kappa shape index (κ3) is 3.93. The maximum Gasteiger partial charge on any atom is 0.372 e. The molecule has 0 radical (unpaired) electrons. The number of thiocarbonyl (C=S) groups is 1. The van der Waals surface area contributed by atoms with Crippen LogP contribution in [0.4, 0.5) is 0 Å². The molecule has 0 saturated carbocycles. The fourth-order valence-corrected chi connectivity index (χ4v) is 8.69. The van der Waals surface area contributed by atoms with E-state index in [-0.39, 0.29) is 11.7 Å². The Labute approximate surface area is 147 Å². The summed E-state index contributed by atoms with van der Waals surface area (Å²) in [6.07, 6.45) is 5.98. The molecule has 1 saturated heterocycles. The van der Waals surface area contributed by atoms with Gasteiger partial charge in [0.25, 0.3) is 0 Å². The molecule has 0 N–H and O–H groups in total. The van der Waals surface area contributed by atoms with Crippen molar-refractivity contribution in [2.45, 2.75) is 70.1 Å². The number of carbonyl (C=O) groups is 1. The molecule has 4 nitrogen and oxygen atoms in total. The Morgan fingerprint density at radius 2 is 1.87 bits per heavy atom. The van der Waals surface area contributed by atoms with Gasteiger partial charge in [0, 0.05) is 32.6 Å². The molecule has 1 aliphatic rings. The van der Waals surface area contributed by atoms with Crippen LogP contribution in [0.5, 0.6) is 0 Å². The van der Waals surface area contributed by atoms with Crippen molar-refractivity contribution in [3.8, 4) is 0 Å². The van der Waals surface area contributed by atoms with Gasteiger partial charge < -0.3 is 13.6 Å². The molecule has 2 atom stereocenters. The average Bonchev–Trinajstić information content (AvgIpc) is 2.56. The van der Waals surface area contributed by atoms with Crippen LogP contribution in [0.2, 0.25) is 6.04 Å². The van der Waals surface area contributed by atoms with Gasteiger partial charge in [-0.2, -0.15) is 0 Å². The van der Waals surface area contributed by atoms with Crippen LogP contribution >= 0.6 is 12.2 Å². The number of ketones is 1. The first kappa shape index (κ1) is 20.9. The molecule has 1 heterocycles. The van der Waals surface area contributed by atoms with E-state index in [2.05, 4.69) is 13.8 Å². The maximum atomic E-state index is 13.0. The van der Waals surface area contributed by atoms with Gasteiger partial charge in [0.1, 0.15) is 11.0 Å². The van der Waals surface area contributed by atoms with E-state index in [1.54, 1.807) is 21.3 Å². The largest absolute Gasteiger partial charge is 0.396 e. The van der Waals surface area contributed by atoms with Crippen molar-refractivity contribution >= 4 is 31.4 Å². The standard InChI is InChI=1S/C17H32O4SSi/c1-6-8-9-10-14(18)16-15(22)11-13-23(20-4,21-5)17(16,19-3)12-7-2/h16H,6-13H2,1-5H3. The molecule has 134 valence electrons. The summed E-state index contributed by atoms with van der Waals surface area (Å²) in [5.41, 5.74) is 0. The summed E-state index contributed by atoms with van der Waals surface area (Å²) in [6.45, 7) is 4.24. The van der Waals surface area contributed by atoms with E-state index in [1.807, 2.05) is 0 Å². The summed E-state index contributed by atoms with van der Waals surface area (Å²) < 4.78 is 17.9. The zero-order valence-corrected chi connectivity index (χ0v) is 17.1. The number of Topliss-reactive ketones (excluding diaryl/α,β-unsaturated/α-hetero) is 1. The minimum absolute atomic E-state index is 0.199. The predicted molar refractivity (Wildman–Crippen MR) is 99.1 cm³/mol. The maximum absolute atomic E-state index is 13.0. The second-order valence-corrected chi connectivity index (χ2v) is 10.5. The van der Waals surface area contributed by atoms with Crippen molar-refractivity contribution in [3.05, 3.63) is 0 Å². The molecule has 1 rings (SSSR count). The van der Waals surface area contributed by atoms with Gasteiger partial charge in [0.2, 0.25) is 0 Å². The van der Waals surface area contributed by atoms with E-state index >= 15 is 0 Å². The van der Waals surface area contributed by atoms with E-state index in [4.69, 9.17) is 25.8 Å². The van der Waals surface area contributed by atoms with Crippen molar-refractivity contribution in [3.63, 3.8) is 0 Å². The molecule has 23 heavy (non-hydrogen) atoms. The van der Waals surface area contributed by atoms with Crippen LogP contribution in [0.25, 0.3) is 0 Å². The van der Waals surface area contributed by atoms with E-state index in [0.717, 1.165) is 43.0 Å². The number of carbonyl (C=O) groups excluding carboxylic acids is 1. The van der Waals surface area contributed by atoms with E-state index < -0.39 is 13.8 Å². The van der Waals surface area contributed by atoms with Crippen LogP contribution < -0.4 is 0 Å². The number of hydrogen-bond acceptors (Lipinski definition) is 5. The topological polar surface area (TPSA) is 44.8 Å². The van der Waals surface area contributed by atoms with Gasteiger partial charge in [-0.3, -0.25) is 4.79 Å². The second kappa shape index (κ2) is 9.37. The van der Waals surface area contributed by atoms with Gasteiger partial charge in [0.15, 0.2) is 0 Å². The van der Waals surface area contributed by atoms with Crippen LogP contribution in [0.3, 0.4) is 0 Å². The van der Waals surface area contributed by atoms with Gasteiger partial charge in [-0.05, 0) is 25.3 Å². The SMILES string of the molecule is CCCCCC(=O)C1C(=S)CC[Si](OC)(OC)C1(CCC)OC.